The zero-order chi connectivity index (χ0) is 21.9. The van der Waals surface area contributed by atoms with Crippen LogP contribution in [-0.2, 0) is 16.1 Å². The van der Waals surface area contributed by atoms with E-state index in [4.69, 9.17) is 16.3 Å². The van der Waals surface area contributed by atoms with Crippen molar-refractivity contribution >= 4 is 23.4 Å². The molecule has 5 nitrogen and oxygen atoms in total. The number of amides is 2. The first-order valence-electron chi connectivity index (χ1n) is 10.4. The molecule has 0 fully saturated rings. The molecule has 6 heteroatoms. The summed E-state index contributed by atoms with van der Waals surface area (Å²) in [6, 6.07) is 16.4. The van der Waals surface area contributed by atoms with E-state index in [9.17, 15) is 9.59 Å². The topological polar surface area (TPSA) is 58.6 Å². The van der Waals surface area contributed by atoms with Gasteiger partial charge in [-0.05, 0) is 56.5 Å². The van der Waals surface area contributed by atoms with Gasteiger partial charge in [-0.25, -0.2) is 0 Å². The predicted octanol–water partition coefficient (Wildman–Crippen LogP) is 4.83. The molecule has 1 N–H and O–H groups in total. The number of carbonyl (C=O) groups excluding carboxylic acids is 2. The number of carbonyl (C=O) groups is 2. The Morgan fingerprint density at radius 1 is 1.07 bits per heavy atom. The van der Waals surface area contributed by atoms with Crippen molar-refractivity contribution < 1.29 is 14.3 Å². The molecule has 2 rings (SSSR count). The van der Waals surface area contributed by atoms with Gasteiger partial charge in [0.2, 0.25) is 11.8 Å². The number of rotatable bonds is 11. The van der Waals surface area contributed by atoms with Gasteiger partial charge in [0.05, 0.1) is 6.61 Å². The molecule has 0 aliphatic heterocycles. The van der Waals surface area contributed by atoms with Gasteiger partial charge >= 0.3 is 0 Å². The van der Waals surface area contributed by atoms with E-state index in [1.54, 1.807) is 36.1 Å². The number of nitrogens with one attached hydrogen (secondary N) is 1. The first kappa shape index (κ1) is 23.7. The minimum absolute atomic E-state index is 0.0645. The van der Waals surface area contributed by atoms with E-state index in [2.05, 4.69) is 5.32 Å². The molecule has 0 saturated carbocycles. The highest BCUT2D eigenvalue weighted by atomic mass is 35.5. The molecule has 2 aromatic rings. The van der Waals surface area contributed by atoms with Crippen molar-refractivity contribution in [3.05, 3.63) is 65.2 Å². The normalized spacial score (nSPS) is 12.7. The lowest BCUT2D eigenvalue weighted by Crippen LogP contribution is -2.49. The molecule has 0 spiro atoms. The van der Waals surface area contributed by atoms with Crippen LogP contribution in [0.25, 0.3) is 0 Å². The number of halogens is 1. The fraction of sp³-hybridized carbons (Fsp3) is 0.417. The molecule has 0 aliphatic carbocycles. The van der Waals surface area contributed by atoms with Crippen LogP contribution in [0.1, 0.15) is 45.6 Å². The first-order chi connectivity index (χ1) is 14.4. The Labute approximate surface area is 184 Å². The van der Waals surface area contributed by atoms with E-state index in [-0.39, 0.29) is 17.9 Å². The van der Waals surface area contributed by atoms with Gasteiger partial charge in [-0.1, -0.05) is 48.9 Å². The third-order valence-corrected chi connectivity index (χ3v) is 5.23. The van der Waals surface area contributed by atoms with Crippen molar-refractivity contribution in [2.45, 2.75) is 58.7 Å². The van der Waals surface area contributed by atoms with Crippen LogP contribution in [0.4, 0.5) is 0 Å². The maximum atomic E-state index is 13.0. The van der Waals surface area contributed by atoms with Crippen molar-refractivity contribution in [1.82, 2.24) is 10.2 Å². The summed E-state index contributed by atoms with van der Waals surface area (Å²) < 4.78 is 5.68. The summed E-state index contributed by atoms with van der Waals surface area (Å²) in [6.07, 6.45) is 1.71. The summed E-state index contributed by atoms with van der Waals surface area (Å²) in [5.41, 5.74) is 0.992. The van der Waals surface area contributed by atoms with Crippen molar-refractivity contribution in [2.75, 3.05) is 6.61 Å². The maximum Gasteiger partial charge on any atom is 0.242 e. The van der Waals surface area contributed by atoms with E-state index in [0.29, 0.717) is 36.8 Å². The van der Waals surface area contributed by atoms with Gasteiger partial charge in [-0.2, -0.15) is 0 Å². The van der Waals surface area contributed by atoms with Crippen LogP contribution in [0.5, 0.6) is 5.75 Å². The highest BCUT2D eigenvalue weighted by Crippen LogP contribution is 2.16. The number of benzene rings is 2. The quantitative estimate of drug-likeness (QED) is 0.519. The fourth-order valence-corrected chi connectivity index (χ4v) is 3.04. The molecule has 0 bridgehead atoms. The highest BCUT2D eigenvalue weighted by Gasteiger charge is 2.26. The average Bonchev–Trinajstić information content (AvgIpc) is 2.76. The minimum Gasteiger partial charge on any atom is -0.494 e. The number of hydrogen-bond acceptors (Lipinski definition) is 3. The third-order valence-electron chi connectivity index (χ3n) is 4.98. The number of ether oxygens (including phenoxy) is 1. The first-order valence-corrected chi connectivity index (χ1v) is 10.8. The molecule has 0 aromatic heterocycles. The Morgan fingerprint density at radius 3 is 2.37 bits per heavy atom. The Hall–Kier alpha value is -2.53. The molecule has 30 heavy (non-hydrogen) atoms. The van der Waals surface area contributed by atoms with Gasteiger partial charge in [-0.15, -0.1) is 0 Å². The summed E-state index contributed by atoms with van der Waals surface area (Å²) in [5, 5.41) is 3.63. The van der Waals surface area contributed by atoms with Crippen molar-refractivity contribution in [3.63, 3.8) is 0 Å². The second kappa shape index (κ2) is 12.2. The van der Waals surface area contributed by atoms with Crippen LogP contribution in [0, 0.1) is 0 Å². The molecule has 0 saturated heterocycles. The van der Waals surface area contributed by atoms with Crippen LogP contribution in [-0.4, -0.2) is 35.4 Å². The zero-order valence-electron chi connectivity index (χ0n) is 17.9. The van der Waals surface area contributed by atoms with Crippen molar-refractivity contribution in [1.29, 1.82) is 0 Å². The van der Waals surface area contributed by atoms with Gasteiger partial charge in [0.15, 0.2) is 0 Å². The second-order valence-corrected chi connectivity index (χ2v) is 7.84. The molecular weight excluding hydrogens is 400 g/mol. The van der Waals surface area contributed by atoms with E-state index < -0.39 is 6.04 Å². The van der Waals surface area contributed by atoms with Gasteiger partial charge in [0, 0.05) is 24.0 Å². The van der Waals surface area contributed by atoms with E-state index in [0.717, 1.165) is 12.0 Å². The van der Waals surface area contributed by atoms with Gasteiger partial charge in [0.25, 0.3) is 0 Å². The lowest BCUT2D eigenvalue weighted by atomic mass is 10.1. The Morgan fingerprint density at radius 2 is 1.73 bits per heavy atom. The van der Waals surface area contributed by atoms with Crippen LogP contribution in [0.15, 0.2) is 54.6 Å². The largest absolute Gasteiger partial charge is 0.494 e. The molecule has 0 radical (unpaired) electrons. The van der Waals surface area contributed by atoms with E-state index >= 15 is 0 Å². The zero-order valence-corrected chi connectivity index (χ0v) is 18.7. The number of hydrogen-bond donors (Lipinski definition) is 1. The molecule has 162 valence electrons. The van der Waals surface area contributed by atoms with Crippen LogP contribution in [0.2, 0.25) is 5.02 Å². The monoisotopic (exact) mass is 430 g/mol. The maximum absolute atomic E-state index is 13.0. The molecule has 2 aromatic carbocycles. The summed E-state index contributed by atoms with van der Waals surface area (Å²) >= 11 is 5.87. The van der Waals surface area contributed by atoms with Gasteiger partial charge in [0.1, 0.15) is 11.8 Å². The molecule has 0 aliphatic rings. The lowest BCUT2D eigenvalue weighted by Gasteiger charge is -2.29. The SMILES string of the molecule is CCC(C)NC(=O)C(C)N(Cc1ccccc1)C(=O)CCCOc1ccc(Cl)cc1. The Kier molecular flexibility index (Phi) is 9.68. The third kappa shape index (κ3) is 7.71. The predicted molar refractivity (Wildman–Crippen MR) is 121 cm³/mol. The fourth-order valence-electron chi connectivity index (χ4n) is 2.92. The molecular formula is C24H31ClN2O3. The van der Waals surface area contributed by atoms with Gasteiger partial charge < -0.3 is 15.0 Å². The van der Waals surface area contributed by atoms with E-state index in [1.807, 2.05) is 44.2 Å². The van der Waals surface area contributed by atoms with E-state index in [1.165, 1.54) is 0 Å². The summed E-state index contributed by atoms with van der Waals surface area (Å²) in [6.45, 7) is 6.57. The minimum atomic E-state index is -0.552. The Bertz CT molecular complexity index is 796. The molecule has 0 heterocycles. The summed E-state index contributed by atoms with van der Waals surface area (Å²) in [4.78, 5) is 27.3. The standard InChI is InChI=1S/C24H31ClN2O3/c1-4-18(2)26-24(29)19(3)27(17-20-9-6-5-7-10-20)23(28)11-8-16-30-22-14-12-21(25)13-15-22/h5-7,9-10,12-15,18-19H,4,8,11,16-17H2,1-3H3,(H,26,29). The smallest absolute Gasteiger partial charge is 0.242 e. The summed E-state index contributed by atoms with van der Waals surface area (Å²) in [7, 11) is 0. The van der Waals surface area contributed by atoms with Crippen molar-refractivity contribution in [3.8, 4) is 5.75 Å². The van der Waals surface area contributed by atoms with Crippen LogP contribution in [0.3, 0.4) is 0 Å². The van der Waals surface area contributed by atoms with Crippen LogP contribution < -0.4 is 10.1 Å². The summed E-state index contributed by atoms with van der Waals surface area (Å²) in [5.74, 6) is 0.519. The molecule has 2 amide bonds. The number of nitrogens with zero attached hydrogens (tertiary/aromatic N) is 1. The van der Waals surface area contributed by atoms with Crippen LogP contribution >= 0.6 is 11.6 Å². The average molecular weight is 431 g/mol. The molecule has 2 atom stereocenters. The Balaban J connectivity index is 1.96. The van der Waals surface area contributed by atoms with Gasteiger partial charge in [-0.3, -0.25) is 9.59 Å². The highest BCUT2D eigenvalue weighted by molar-refractivity contribution is 6.30. The van der Waals surface area contributed by atoms with Crippen molar-refractivity contribution in [2.24, 2.45) is 0 Å². The lowest BCUT2D eigenvalue weighted by molar-refractivity contribution is -0.141. The second-order valence-electron chi connectivity index (χ2n) is 7.41. The molecule has 2 unspecified atom stereocenters.